The van der Waals surface area contributed by atoms with E-state index in [-0.39, 0.29) is 23.6 Å². The van der Waals surface area contributed by atoms with Crippen LogP contribution in [0.4, 0.5) is 0 Å². The lowest BCUT2D eigenvalue weighted by Gasteiger charge is -2.38. The first-order chi connectivity index (χ1) is 9.54. The van der Waals surface area contributed by atoms with Gasteiger partial charge in [-0.15, -0.1) is 0 Å². The number of benzene rings is 1. The Balaban J connectivity index is 2.65. The van der Waals surface area contributed by atoms with Crippen LogP contribution >= 0.6 is 0 Å². The van der Waals surface area contributed by atoms with Gasteiger partial charge < -0.3 is 9.47 Å². The van der Waals surface area contributed by atoms with Gasteiger partial charge in [0, 0.05) is 12.5 Å². The summed E-state index contributed by atoms with van der Waals surface area (Å²) in [6.45, 7) is 12.6. The highest BCUT2D eigenvalue weighted by atomic mass is 28.3. The van der Waals surface area contributed by atoms with E-state index in [1.807, 2.05) is 6.07 Å². The molecule has 0 N–H and O–H groups in total. The summed E-state index contributed by atoms with van der Waals surface area (Å²) in [6, 6.07) is 3.66. The Kier molecular flexibility index (Phi) is 3.74. The van der Waals surface area contributed by atoms with Crippen molar-refractivity contribution in [2.75, 3.05) is 0 Å². The predicted molar refractivity (Wildman–Crippen MR) is 83.7 cm³/mol. The quantitative estimate of drug-likeness (QED) is 0.479. The minimum absolute atomic E-state index is 0.0681. The van der Waals surface area contributed by atoms with Gasteiger partial charge in [-0.25, -0.2) is 4.79 Å². The lowest BCUT2D eigenvalue weighted by molar-refractivity contribution is -0.131. The van der Waals surface area contributed by atoms with Gasteiger partial charge >= 0.3 is 11.9 Å². The van der Waals surface area contributed by atoms with Crippen molar-refractivity contribution in [3.8, 4) is 5.75 Å². The van der Waals surface area contributed by atoms with Gasteiger partial charge in [-0.3, -0.25) is 4.79 Å². The fourth-order valence-corrected chi connectivity index (χ4v) is 4.34. The van der Waals surface area contributed by atoms with Gasteiger partial charge in [0.25, 0.3) is 0 Å². The maximum Gasteiger partial charge on any atom is 0.338 e. The van der Waals surface area contributed by atoms with E-state index in [1.54, 1.807) is 6.07 Å². The molecule has 21 heavy (non-hydrogen) atoms. The first-order valence-electron chi connectivity index (χ1n) is 7.07. The maximum atomic E-state index is 11.8. The summed E-state index contributed by atoms with van der Waals surface area (Å²) in [5.41, 5.74) is 1.39. The molecule has 1 heterocycles. The summed E-state index contributed by atoms with van der Waals surface area (Å²) >= 11 is 0. The lowest BCUT2D eigenvalue weighted by atomic mass is 10.1. The van der Waals surface area contributed by atoms with Crippen LogP contribution in [0.1, 0.15) is 43.6 Å². The molecule has 0 aliphatic carbocycles. The molecule has 1 aliphatic rings. The third kappa shape index (κ3) is 2.74. The minimum Gasteiger partial charge on any atom is -0.457 e. The van der Waals surface area contributed by atoms with Crippen molar-refractivity contribution in [2.24, 2.45) is 0 Å². The van der Waals surface area contributed by atoms with E-state index in [1.165, 1.54) is 6.92 Å². The zero-order valence-corrected chi connectivity index (χ0v) is 14.5. The maximum absolute atomic E-state index is 11.8. The SMILES string of the molecule is CC(=O)Oc1cc2c(cc1[Si](C)(C)C(C)(C)C)C(=O)OC2. The van der Waals surface area contributed by atoms with E-state index in [0.717, 1.165) is 10.8 Å². The Morgan fingerprint density at radius 3 is 2.43 bits per heavy atom. The third-order valence-electron chi connectivity index (χ3n) is 4.59. The van der Waals surface area contributed by atoms with Gasteiger partial charge in [0.05, 0.1) is 13.6 Å². The predicted octanol–water partition coefficient (Wildman–Crippen LogP) is 3.00. The normalized spacial score (nSPS) is 14.7. The zero-order chi connectivity index (χ0) is 16.0. The molecule has 2 rings (SSSR count). The van der Waals surface area contributed by atoms with E-state index < -0.39 is 8.07 Å². The van der Waals surface area contributed by atoms with Gasteiger partial charge in [-0.05, 0) is 22.4 Å². The van der Waals surface area contributed by atoms with Crippen molar-refractivity contribution < 1.29 is 19.1 Å². The summed E-state index contributed by atoms with van der Waals surface area (Å²) < 4.78 is 10.5. The van der Waals surface area contributed by atoms with Crippen LogP contribution in [0.2, 0.25) is 18.1 Å². The van der Waals surface area contributed by atoms with E-state index in [2.05, 4.69) is 33.9 Å². The number of carbonyl (C=O) groups excluding carboxylic acids is 2. The fraction of sp³-hybridized carbons (Fsp3) is 0.500. The summed E-state index contributed by atoms with van der Waals surface area (Å²) in [5.74, 6) is -0.0642. The van der Waals surface area contributed by atoms with Crippen LogP contribution in [-0.2, 0) is 16.1 Å². The molecule has 1 aromatic rings. The lowest BCUT2D eigenvalue weighted by Crippen LogP contribution is -2.50. The van der Waals surface area contributed by atoms with Crippen molar-refractivity contribution >= 4 is 25.2 Å². The molecule has 0 fully saturated rings. The van der Waals surface area contributed by atoms with Crippen molar-refractivity contribution in [2.45, 2.75) is 52.4 Å². The van der Waals surface area contributed by atoms with Gasteiger partial charge in [-0.1, -0.05) is 33.9 Å². The van der Waals surface area contributed by atoms with E-state index in [9.17, 15) is 9.59 Å². The highest BCUT2D eigenvalue weighted by Crippen LogP contribution is 2.38. The largest absolute Gasteiger partial charge is 0.457 e. The second-order valence-corrected chi connectivity index (χ2v) is 12.3. The molecule has 0 amide bonds. The van der Waals surface area contributed by atoms with Crippen LogP contribution in [0.15, 0.2) is 12.1 Å². The average Bonchev–Trinajstić information content (AvgIpc) is 2.67. The molecule has 5 heteroatoms. The molecule has 0 unspecified atom stereocenters. The van der Waals surface area contributed by atoms with Crippen LogP contribution in [0, 0.1) is 0 Å². The highest BCUT2D eigenvalue weighted by molar-refractivity contribution is 6.92. The van der Waals surface area contributed by atoms with E-state index in [0.29, 0.717) is 11.3 Å². The summed E-state index contributed by atoms with van der Waals surface area (Å²) in [6.07, 6.45) is 0. The van der Waals surface area contributed by atoms with Crippen molar-refractivity contribution in [1.29, 1.82) is 0 Å². The molecule has 0 bridgehead atoms. The Morgan fingerprint density at radius 1 is 1.29 bits per heavy atom. The molecule has 0 radical (unpaired) electrons. The molecule has 4 nitrogen and oxygen atoms in total. The second-order valence-electron chi connectivity index (χ2n) is 7.05. The van der Waals surface area contributed by atoms with Crippen molar-refractivity contribution in [3.63, 3.8) is 0 Å². The monoisotopic (exact) mass is 306 g/mol. The highest BCUT2D eigenvalue weighted by Gasteiger charge is 2.40. The van der Waals surface area contributed by atoms with E-state index >= 15 is 0 Å². The van der Waals surface area contributed by atoms with Crippen LogP contribution in [-0.4, -0.2) is 20.0 Å². The Bertz CT molecular complexity index is 611. The average molecular weight is 306 g/mol. The van der Waals surface area contributed by atoms with Gasteiger partial charge in [-0.2, -0.15) is 0 Å². The van der Waals surface area contributed by atoms with Gasteiger partial charge in [0.15, 0.2) is 0 Å². The second kappa shape index (κ2) is 4.98. The smallest absolute Gasteiger partial charge is 0.338 e. The molecule has 0 saturated heterocycles. The van der Waals surface area contributed by atoms with Crippen LogP contribution in [0.5, 0.6) is 5.75 Å². The van der Waals surface area contributed by atoms with Crippen molar-refractivity contribution in [1.82, 2.24) is 0 Å². The van der Waals surface area contributed by atoms with E-state index in [4.69, 9.17) is 9.47 Å². The number of carbonyl (C=O) groups is 2. The standard InChI is InChI=1S/C16H22O4Si/c1-10(17)20-13-7-11-9-19-15(18)12(11)8-14(13)21(5,6)16(2,3)4/h7-8H,9H2,1-6H3. The first-order valence-corrected chi connectivity index (χ1v) is 10.1. The number of rotatable bonds is 2. The summed E-state index contributed by atoms with van der Waals surface area (Å²) in [4.78, 5) is 23.2. The summed E-state index contributed by atoms with van der Waals surface area (Å²) in [7, 11) is -1.95. The van der Waals surface area contributed by atoms with Crippen LogP contribution in [0.3, 0.4) is 0 Å². The van der Waals surface area contributed by atoms with Gasteiger partial charge in [0.2, 0.25) is 0 Å². The molecule has 1 aromatic carbocycles. The molecular weight excluding hydrogens is 284 g/mol. The number of ether oxygens (including phenoxy) is 2. The number of esters is 2. The number of fused-ring (bicyclic) bond motifs is 1. The molecule has 0 atom stereocenters. The molecular formula is C16H22O4Si. The number of hydrogen-bond donors (Lipinski definition) is 0. The summed E-state index contributed by atoms with van der Waals surface area (Å²) in [5, 5.41) is 1.06. The first kappa shape index (κ1) is 15.8. The zero-order valence-electron chi connectivity index (χ0n) is 13.5. The molecule has 0 spiro atoms. The van der Waals surface area contributed by atoms with Gasteiger partial charge in [0.1, 0.15) is 12.4 Å². The molecule has 0 aromatic heterocycles. The molecule has 1 aliphatic heterocycles. The van der Waals surface area contributed by atoms with Crippen molar-refractivity contribution in [3.05, 3.63) is 23.3 Å². The van der Waals surface area contributed by atoms with Crippen LogP contribution < -0.4 is 9.92 Å². The minimum atomic E-state index is -1.95. The molecule has 114 valence electrons. The van der Waals surface area contributed by atoms with Crippen LogP contribution in [0.25, 0.3) is 0 Å². The third-order valence-corrected chi connectivity index (χ3v) is 10.1. The fourth-order valence-electron chi connectivity index (χ4n) is 2.28. The number of cyclic esters (lactones) is 1. The Labute approximate surface area is 126 Å². The molecule has 0 saturated carbocycles. The number of hydrogen-bond acceptors (Lipinski definition) is 4. The topological polar surface area (TPSA) is 52.6 Å². The Hall–Kier alpha value is -1.62. The Morgan fingerprint density at radius 2 is 1.90 bits per heavy atom.